The lowest BCUT2D eigenvalue weighted by Crippen LogP contribution is -2.41. The van der Waals surface area contributed by atoms with E-state index in [0.29, 0.717) is 6.54 Å². The Morgan fingerprint density at radius 2 is 2.15 bits per heavy atom. The Morgan fingerprint density at radius 1 is 1.33 bits per heavy atom. The third-order valence-electron chi connectivity index (χ3n) is 5.53. The van der Waals surface area contributed by atoms with Crippen LogP contribution in [0.5, 0.6) is 5.75 Å². The second kappa shape index (κ2) is 9.95. The van der Waals surface area contributed by atoms with Gasteiger partial charge in [-0.15, -0.1) is 0 Å². The van der Waals surface area contributed by atoms with E-state index in [-0.39, 0.29) is 0 Å². The number of rotatable bonds is 7. The van der Waals surface area contributed by atoms with Crippen LogP contribution in [-0.4, -0.2) is 73.8 Å². The molecule has 1 aromatic carbocycles. The molecule has 0 amide bonds. The molecule has 2 heterocycles. The Hall–Kier alpha value is -1.79. The lowest BCUT2D eigenvalue weighted by Gasteiger charge is -2.23. The second-order valence-corrected chi connectivity index (χ2v) is 7.60. The summed E-state index contributed by atoms with van der Waals surface area (Å²) in [5.74, 6) is 2.39. The normalized spacial score (nSPS) is 22.3. The molecule has 1 aromatic rings. The molecule has 2 fully saturated rings. The summed E-state index contributed by atoms with van der Waals surface area (Å²) in [6.45, 7) is 9.10. The molecular weight excluding hydrogens is 340 g/mol. The molecule has 2 aliphatic rings. The molecule has 0 spiro atoms. The molecule has 2 aliphatic heterocycles. The molecule has 6 nitrogen and oxygen atoms in total. The zero-order valence-corrected chi connectivity index (χ0v) is 16.7. The van der Waals surface area contributed by atoms with Crippen molar-refractivity contribution >= 4 is 5.96 Å². The minimum absolute atomic E-state index is 0.350. The monoisotopic (exact) mass is 374 g/mol. The van der Waals surface area contributed by atoms with Gasteiger partial charge in [-0.2, -0.15) is 0 Å². The van der Waals surface area contributed by atoms with Crippen LogP contribution < -0.4 is 10.1 Å². The zero-order valence-electron chi connectivity index (χ0n) is 16.7. The van der Waals surface area contributed by atoms with Gasteiger partial charge in [-0.25, -0.2) is 0 Å². The van der Waals surface area contributed by atoms with Gasteiger partial charge in [0, 0.05) is 26.2 Å². The third-order valence-corrected chi connectivity index (χ3v) is 5.53. The standard InChI is InChI=1S/C21H34N4O2/c1-3-22-21(23-14-20(26)18-7-6-8-19(13-18)27-2)25-12-9-17(16-25)15-24-10-4-5-11-24/h6-8,13,17,20,26H,3-5,9-12,14-16H2,1-2H3,(H,22,23). The van der Waals surface area contributed by atoms with Crippen LogP contribution in [0.25, 0.3) is 0 Å². The number of guanidine groups is 1. The maximum Gasteiger partial charge on any atom is 0.194 e. The summed E-state index contributed by atoms with van der Waals surface area (Å²) in [7, 11) is 1.64. The van der Waals surface area contributed by atoms with Crippen molar-refractivity contribution in [3.63, 3.8) is 0 Å². The highest BCUT2D eigenvalue weighted by Crippen LogP contribution is 2.21. The Balaban J connectivity index is 1.57. The number of benzene rings is 1. The topological polar surface area (TPSA) is 60.3 Å². The zero-order chi connectivity index (χ0) is 19.1. The van der Waals surface area contributed by atoms with E-state index in [4.69, 9.17) is 9.73 Å². The van der Waals surface area contributed by atoms with E-state index < -0.39 is 6.10 Å². The molecular formula is C21H34N4O2. The van der Waals surface area contributed by atoms with Crippen LogP contribution in [0.3, 0.4) is 0 Å². The molecule has 2 unspecified atom stereocenters. The molecule has 2 atom stereocenters. The van der Waals surface area contributed by atoms with Gasteiger partial charge in [0.2, 0.25) is 0 Å². The Kier molecular flexibility index (Phi) is 7.35. The van der Waals surface area contributed by atoms with E-state index in [2.05, 4.69) is 22.0 Å². The molecule has 2 N–H and O–H groups in total. The second-order valence-electron chi connectivity index (χ2n) is 7.60. The molecule has 6 heteroatoms. The van der Waals surface area contributed by atoms with E-state index in [1.54, 1.807) is 7.11 Å². The minimum atomic E-state index is -0.628. The predicted octanol–water partition coefficient (Wildman–Crippen LogP) is 2.11. The van der Waals surface area contributed by atoms with Crippen molar-refractivity contribution in [1.82, 2.24) is 15.1 Å². The molecule has 27 heavy (non-hydrogen) atoms. The van der Waals surface area contributed by atoms with Crippen molar-refractivity contribution in [1.29, 1.82) is 0 Å². The number of ether oxygens (including phenoxy) is 1. The number of methoxy groups -OCH3 is 1. The van der Waals surface area contributed by atoms with Gasteiger partial charge in [0.15, 0.2) is 5.96 Å². The minimum Gasteiger partial charge on any atom is -0.497 e. The number of nitrogens with one attached hydrogen (secondary N) is 1. The van der Waals surface area contributed by atoms with Crippen molar-refractivity contribution in [2.45, 2.75) is 32.3 Å². The number of nitrogens with zero attached hydrogens (tertiary/aromatic N) is 3. The van der Waals surface area contributed by atoms with E-state index in [9.17, 15) is 5.11 Å². The van der Waals surface area contributed by atoms with E-state index in [1.165, 1.54) is 38.9 Å². The van der Waals surface area contributed by atoms with E-state index in [1.807, 2.05) is 24.3 Å². The van der Waals surface area contributed by atoms with Crippen molar-refractivity contribution < 1.29 is 9.84 Å². The van der Waals surface area contributed by atoms with Crippen molar-refractivity contribution in [2.24, 2.45) is 10.9 Å². The van der Waals surface area contributed by atoms with Gasteiger partial charge in [-0.1, -0.05) is 12.1 Å². The Bertz CT molecular complexity index is 616. The van der Waals surface area contributed by atoms with Gasteiger partial charge >= 0.3 is 0 Å². The summed E-state index contributed by atoms with van der Waals surface area (Å²) in [6, 6.07) is 7.57. The fraction of sp³-hybridized carbons (Fsp3) is 0.667. The maximum absolute atomic E-state index is 10.5. The quantitative estimate of drug-likeness (QED) is 0.565. The summed E-state index contributed by atoms with van der Waals surface area (Å²) in [4.78, 5) is 9.67. The van der Waals surface area contributed by atoms with Crippen molar-refractivity contribution in [3.8, 4) is 5.75 Å². The first kappa shape index (κ1) is 20.0. The average molecular weight is 375 g/mol. The lowest BCUT2D eigenvalue weighted by atomic mass is 10.1. The van der Waals surface area contributed by atoms with Crippen LogP contribution in [0, 0.1) is 5.92 Å². The molecule has 150 valence electrons. The van der Waals surface area contributed by atoms with Gasteiger partial charge in [-0.3, -0.25) is 4.99 Å². The molecule has 2 saturated heterocycles. The number of hydrogen-bond acceptors (Lipinski definition) is 4. The predicted molar refractivity (Wildman–Crippen MR) is 109 cm³/mol. The van der Waals surface area contributed by atoms with Crippen LogP contribution >= 0.6 is 0 Å². The highest BCUT2D eigenvalue weighted by molar-refractivity contribution is 5.80. The lowest BCUT2D eigenvalue weighted by molar-refractivity contribution is 0.186. The Labute approximate surface area is 163 Å². The summed E-state index contributed by atoms with van der Waals surface area (Å²) in [6.07, 6.45) is 3.29. The number of hydrogen-bond donors (Lipinski definition) is 2. The fourth-order valence-corrected chi connectivity index (χ4v) is 4.06. The first-order valence-corrected chi connectivity index (χ1v) is 10.3. The largest absolute Gasteiger partial charge is 0.497 e. The summed E-state index contributed by atoms with van der Waals surface area (Å²) in [5.41, 5.74) is 0.835. The van der Waals surface area contributed by atoms with Gasteiger partial charge in [0.25, 0.3) is 0 Å². The number of aliphatic hydroxyl groups is 1. The number of aliphatic hydroxyl groups excluding tert-OH is 1. The molecule has 0 aliphatic carbocycles. The fourth-order valence-electron chi connectivity index (χ4n) is 4.06. The molecule has 0 radical (unpaired) electrons. The van der Waals surface area contributed by atoms with Gasteiger partial charge in [-0.05, 0) is 62.9 Å². The van der Waals surface area contributed by atoms with Crippen LogP contribution in [0.15, 0.2) is 29.3 Å². The van der Waals surface area contributed by atoms with Gasteiger partial charge < -0.3 is 25.0 Å². The van der Waals surface area contributed by atoms with Crippen LogP contribution in [0.1, 0.15) is 37.9 Å². The summed E-state index contributed by atoms with van der Waals surface area (Å²) < 4.78 is 5.25. The highest BCUT2D eigenvalue weighted by atomic mass is 16.5. The van der Waals surface area contributed by atoms with Gasteiger partial charge in [0.05, 0.1) is 19.8 Å². The summed E-state index contributed by atoms with van der Waals surface area (Å²) in [5, 5.41) is 13.9. The number of aliphatic imine (C=N–C) groups is 1. The van der Waals surface area contributed by atoms with E-state index >= 15 is 0 Å². The smallest absolute Gasteiger partial charge is 0.194 e. The first-order chi connectivity index (χ1) is 13.2. The van der Waals surface area contributed by atoms with Gasteiger partial charge in [0.1, 0.15) is 5.75 Å². The first-order valence-electron chi connectivity index (χ1n) is 10.3. The number of likely N-dealkylation sites (tertiary alicyclic amines) is 2. The van der Waals surface area contributed by atoms with E-state index in [0.717, 1.165) is 42.8 Å². The molecule has 3 rings (SSSR count). The highest BCUT2D eigenvalue weighted by Gasteiger charge is 2.27. The molecule has 0 bridgehead atoms. The van der Waals surface area contributed by atoms with Crippen LogP contribution in [-0.2, 0) is 0 Å². The maximum atomic E-state index is 10.5. The SMILES string of the molecule is CCNC(=NCC(O)c1cccc(OC)c1)N1CCC(CN2CCCC2)C1. The van der Waals surface area contributed by atoms with Crippen molar-refractivity contribution in [3.05, 3.63) is 29.8 Å². The third kappa shape index (κ3) is 5.59. The van der Waals surface area contributed by atoms with Crippen LogP contribution in [0.4, 0.5) is 0 Å². The average Bonchev–Trinajstić information content (AvgIpc) is 3.37. The summed E-state index contributed by atoms with van der Waals surface area (Å²) >= 11 is 0. The Morgan fingerprint density at radius 3 is 2.89 bits per heavy atom. The molecule has 0 saturated carbocycles. The molecule has 0 aromatic heterocycles. The van der Waals surface area contributed by atoms with Crippen LogP contribution in [0.2, 0.25) is 0 Å². The van der Waals surface area contributed by atoms with Crippen molar-refractivity contribution in [2.75, 3.05) is 52.9 Å².